The highest BCUT2D eigenvalue weighted by molar-refractivity contribution is 5.95. The Bertz CT molecular complexity index is 438. The lowest BCUT2D eigenvalue weighted by molar-refractivity contribution is 0.0522. The van der Waals surface area contributed by atoms with E-state index in [0.29, 0.717) is 0 Å². The van der Waals surface area contributed by atoms with Crippen LogP contribution in [0.1, 0.15) is 22.8 Å². The molecule has 0 aliphatic carbocycles. The van der Waals surface area contributed by atoms with E-state index in [1.54, 1.807) is 13.0 Å². The fraction of sp³-hybridized carbons (Fsp3) is 0.200. The SMILES string of the molecule is CCOC(=O)c1c(N)ccc(C#N)c1F. The maximum Gasteiger partial charge on any atom is 0.343 e. The molecular weight excluding hydrogens is 199 g/mol. The number of hydrogen-bond donors (Lipinski definition) is 1. The van der Waals surface area contributed by atoms with Crippen molar-refractivity contribution in [2.75, 3.05) is 12.3 Å². The molecule has 0 amide bonds. The molecule has 0 saturated carbocycles. The molecule has 1 aromatic rings. The van der Waals surface area contributed by atoms with Crippen molar-refractivity contribution in [3.63, 3.8) is 0 Å². The summed E-state index contributed by atoms with van der Waals surface area (Å²) in [5.41, 5.74) is 4.78. The third-order valence-corrected chi connectivity index (χ3v) is 1.77. The predicted octanol–water partition coefficient (Wildman–Crippen LogP) is 1.46. The lowest BCUT2D eigenvalue weighted by Gasteiger charge is -2.06. The largest absolute Gasteiger partial charge is 0.462 e. The van der Waals surface area contributed by atoms with Crippen LogP contribution in [-0.2, 0) is 4.74 Å². The minimum absolute atomic E-state index is 0.0371. The van der Waals surface area contributed by atoms with Crippen molar-refractivity contribution in [2.45, 2.75) is 6.92 Å². The molecule has 0 aliphatic rings. The third kappa shape index (κ3) is 2.05. The maximum atomic E-state index is 13.5. The Morgan fingerprint density at radius 1 is 1.67 bits per heavy atom. The number of benzene rings is 1. The summed E-state index contributed by atoms with van der Waals surface area (Å²) in [6.07, 6.45) is 0. The second-order valence-electron chi connectivity index (χ2n) is 2.72. The number of hydrogen-bond acceptors (Lipinski definition) is 4. The zero-order valence-electron chi connectivity index (χ0n) is 8.08. The van der Waals surface area contributed by atoms with Crippen molar-refractivity contribution in [1.82, 2.24) is 0 Å². The molecule has 1 rings (SSSR count). The molecule has 0 fully saturated rings. The first-order valence-corrected chi connectivity index (χ1v) is 4.27. The van der Waals surface area contributed by atoms with Gasteiger partial charge in [0.25, 0.3) is 0 Å². The molecule has 5 heteroatoms. The fourth-order valence-corrected chi connectivity index (χ4v) is 1.09. The second-order valence-corrected chi connectivity index (χ2v) is 2.72. The summed E-state index contributed by atoms with van der Waals surface area (Å²) < 4.78 is 18.1. The summed E-state index contributed by atoms with van der Waals surface area (Å²) >= 11 is 0. The highest BCUT2D eigenvalue weighted by atomic mass is 19.1. The van der Waals surface area contributed by atoms with E-state index in [1.165, 1.54) is 12.1 Å². The number of nitrogens with zero attached hydrogens (tertiary/aromatic N) is 1. The lowest BCUT2D eigenvalue weighted by Crippen LogP contribution is -2.11. The Morgan fingerprint density at radius 3 is 2.87 bits per heavy atom. The summed E-state index contributed by atoms with van der Waals surface area (Å²) in [5, 5.41) is 8.56. The molecule has 0 atom stereocenters. The van der Waals surface area contributed by atoms with Crippen molar-refractivity contribution < 1.29 is 13.9 Å². The van der Waals surface area contributed by atoms with Gasteiger partial charge in [-0.15, -0.1) is 0 Å². The Balaban J connectivity index is 3.28. The second kappa shape index (κ2) is 4.42. The quantitative estimate of drug-likeness (QED) is 0.589. The standard InChI is InChI=1S/C10H9FN2O2/c1-2-15-10(14)8-7(13)4-3-6(5-12)9(8)11/h3-4H,2,13H2,1H3. The van der Waals surface area contributed by atoms with Crippen LogP contribution < -0.4 is 5.73 Å². The van der Waals surface area contributed by atoms with E-state index in [9.17, 15) is 9.18 Å². The van der Waals surface area contributed by atoms with E-state index in [0.717, 1.165) is 0 Å². The number of carbonyl (C=O) groups is 1. The van der Waals surface area contributed by atoms with Crippen LogP contribution in [-0.4, -0.2) is 12.6 Å². The van der Waals surface area contributed by atoms with Crippen LogP contribution in [0.15, 0.2) is 12.1 Å². The number of nitrogens with two attached hydrogens (primary N) is 1. The fourth-order valence-electron chi connectivity index (χ4n) is 1.09. The summed E-state index contributed by atoms with van der Waals surface area (Å²) in [5.74, 6) is -1.79. The van der Waals surface area contributed by atoms with Gasteiger partial charge in [0.05, 0.1) is 12.2 Å². The third-order valence-electron chi connectivity index (χ3n) is 1.77. The molecule has 0 spiro atoms. The van der Waals surface area contributed by atoms with Gasteiger partial charge >= 0.3 is 5.97 Å². The molecule has 1 aromatic carbocycles. The molecule has 0 radical (unpaired) electrons. The Labute approximate surface area is 86.1 Å². The van der Waals surface area contributed by atoms with Crippen LogP contribution in [0.25, 0.3) is 0 Å². The van der Waals surface area contributed by atoms with E-state index in [2.05, 4.69) is 4.74 Å². The van der Waals surface area contributed by atoms with Crippen molar-refractivity contribution in [1.29, 1.82) is 5.26 Å². The molecule has 0 aliphatic heterocycles. The zero-order valence-corrected chi connectivity index (χ0v) is 8.08. The molecule has 0 aromatic heterocycles. The average Bonchev–Trinajstić information content (AvgIpc) is 2.18. The molecule has 4 nitrogen and oxygen atoms in total. The van der Waals surface area contributed by atoms with Gasteiger partial charge in [-0.25, -0.2) is 9.18 Å². The number of carbonyl (C=O) groups excluding carboxylic acids is 1. The van der Waals surface area contributed by atoms with Gasteiger partial charge in [-0.3, -0.25) is 0 Å². The number of rotatable bonds is 2. The maximum absolute atomic E-state index is 13.5. The predicted molar refractivity (Wildman–Crippen MR) is 51.5 cm³/mol. The van der Waals surface area contributed by atoms with Gasteiger partial charge in [-0.1, -0.05) is 0 Å². The van der Waals surface area contributed by atoms with E-state index in [1.807, 2.05) is 0 Å². The minimum Gasteiger partial charge on any atom is -0.462 e. The Kier molecular flexibility index (Phi) is 3.24. The van der Waals surface area contributed by atoms with Crippen LogP contribution in [0.5, 0.6) is 0 Å². The molecule has 0 heterocycles. The Hall–Kier alpha value is -2.09. The summed E-state index contributed by atoms with van der Waals surface area (Å²) in [6, 6.07) is 4.14. The molecule has 78 valence electrons. The first-order chi connectivity index (χ1) is 7.11. The number of esters is 1. The van der Waals surface area contributed by atoms with Gasteiger partial charge in [-0.2, -0.15) is 5.26 Å². The van der Waals surface area contributed by atoms with Crippen molar-refractivity contribution >= 4 is 11.7 Å². The number of nitriles is 1. The average molecular weight is 208 g/mol. The van der Waals surface area contributed by atoms with E-state index < -0.39 is 11.8 Å². The van der Waals surface area contributed by atoms with Crippen LogP contribution in [0.2, 0.25) is 0 Å². The van der Waals surface area contributed by atoms with E-state index in [-0.39, 0.29) is 23.4 Å². The number of nitrogen functional groups attached to an aromatic ring is 1. The monoisotopic (exact) mass is 208 g/mol. The first kappa shape index (κ1) is 11.0. The van der Waals surface area contributed by atoms with Gasteiger partial charge in [0.1, 0.15) is 11.6 Å². The molecule has 0 unspecified atom stereocenters. The summed E-state index contributed by atoms with van der Waals surface area (Å²) in [4.78, 5) is 11.3. The topological polar surface area (TPSA) is 76.1 Å². The molecular formula is C10H9FN2O2. The van der Waals surface area contributed by atoms with Crippen LogP contribution in [0, 0.1) is 17.1 Å². The van der Waals surface area contributed by atoms with Crippen LogP contribution >= 0.6 is 0 Å². The van der Waals surface area contributed by atoms with Gasteiger partial charge in [0.2, 0.25) is 0 Å². The van der Waals surface area contributed by atoms with Gasteiger partial charge < -0.3 is 10.5 Å². The van der Waals surface area contributed by atoms with Crippen molar-refractivity contribution in [3.05, 3.63) is 29.1 Å². The molecule has 0 bridgehead atoms. The van der Waals surface area contributed by atoms with Crippen LogP contribution in [0.4, 0.5) is 10.1 Å². The molecule has 0 saturated heterocycles. The highest BCUT2D eigenvalue weighted by Crippen LogP contribution is 2.20. The lowest BCUT2D eigenvalue weighted by atomic mass is 10.1. The molecule has 15 heavy (non-hydrogen) atoms. The van der Waals surface area contributed by atoms with Gasteiger partial charge in [0.15, 0.2) is 5.82 Å². The zero-order chi connectivity index (χ0) is 11.4. The normalized spacial score (nSPS) is 9.40. The van der Waals surface area contributed by atoms with Crippen molar-refractivity contribution in [3.8, 4) is 6.07 Å². The number of anilines is 1. The number of halogens is 1. The Morgan fingerprint density at radius 2 is 2.33 bits per heavy atom. The summed E-state index contributed by atoms with van der Waals surface area (Å²) in [7, 11) is 0. The number of ether oxygens (including phenoxy) is 1. The highest BCUT2D eigenvalue weighted by Gasteiger charge is 2.19. The van der Waals surface area contributed by atoms with Gasteiger partial charge in [-0.05, 0) is 19.1 Å². The van der Waals surface area contributed by atoms with Crippen molar-refractivity contribution in [2.24, 2.45) is 0 Å². The first-order valence-electron chi connectivity index (χ1n) is 4.27. The van der Waals surface area contributed by atoms with Gasteiger partial charge in [0, 0.05) is 5.69 Å². The van der Waals surface area contributed by atoms with E-state index >= 15 is 0 Å². The summed E-state index contributed by atoms with van der Waals surface area (Å²) in [6.45, 7) is 1.72. The minimum atomic E-state index is -0.934. The smallest absolute Gasteiger partial charge is 0.343 e. The van der Waals surface area contributed by atoms with E-state index in [4.69, 9.17) is 11.0 Å². The molecule has 2 N–H and O–H groups in total. The van der Waals surface area contributed by atoms with Crippen LogP contribution in [0.3, 0.4) is 0 Å².